The Hall–Kier alpha value is -1.82. The van der Waals surface area contributed by atoms with Crippen molar-refractivity contribution in [3.8, 4) is 5.75 Å². The molecule has 1 amide bonds. The van der Waals surface area contributed by atoms with Gasteiger partial charge in [0, 0.05) is 13.6 Å². The standard InChI is InChI=1S/C24H38N2O3S/c1-17(19-10-8-7-9-11-19)21(25-23(27)29-24(2,3)4)22(30)26(5)16-18-12-14-20(28-6)15-13-18/h12-15,17,19,21H,7-11,16H2,1-6H3,(H,25,27)/t17?,21-/m1/s1. The van der Waals surface area contributed by atoms with Crippen LogP contribution in [0.5, 0.6) is 5.75 Å². The summed E-state index contributed by atoms with van der Waals surface area (Å²) in [6, 6.07) is 7.75. The van der Waals surface area contributed by atoms with E-state index in [4.69, 9.17) is 21.7 Å². The smallest absolute Gasteiger partial charge is 0.408 e. The number of likely N-dealkylation sites (N-methyl/N-ethyl adjacent to an activating group) is 1. The summed E-state index contributed by atoms with van der Waals surface area (Å²) in [5, 5.41) is 3.09. The highest BCUT2D eigenvalue weighted by Gasteiger charge is 2.33. The topological polar surface area (TPSA) is 50.8 Å². The second kappa shape index (κ2) is 11.0. The fourth-order valence-corrected chi connectivity index (χ4v) is 4.44. The highest BCUT2D eigenvalue weighted by Crippen LogP contribution is 2.32. The first-order valence-electron chi connectivity index (χ1n) is 11.0. The number of hydrogen-bond donors (Lipinski definition) is 1. The summed E-state index contributed by atoms with van der Waals surface area (Å²) in [6.07, 6.45) is 5.78. The zero-order valence-corrected chi connectivity index (χ0v) is 20.2. The Morgan fingerprint density at radius 2 is 1.80 bits per heavy atom. The predicted molar refractivity (Wildman–Crippen MR) is 126 cm³/mol. The van der Waals surface area contributed by atoms with E-state index in [1.165, 1.54) is 32.1 Å². The van der Waals surface area contributed by atoms with E-state index < -0.39 is 11.7 Å². The molecule has 1 fully saturated rings. The average molecular weight is 435 g/mol. The number of hydrogen-bond acceptors (Lipinski definition) is 4. The van der Waals surface area contributed by atoms with Crippen molar-refractivity contribution in [2.45, 2.75) is 78.0 Å². The van der Waals surface area contributed by atoms with Crippen LogP contribution in [0.1, 0.15) is 65.4 Å². The summed E-state index contributed by atoms with van der Waals surface area (Å²) in [5.74, 6) is 1.65. The molecule has 6 heteroatoms. The number of nitrogens with one attached hydrogen (secondary N) is 1. The van der Waals surface area contributed by atoms with Crippen LogP contribution in [0.4, 0.5) is 4.79 Å². The Morgan fingerprint density at radius 3 is 2.33 bits per heavy atom. The number of methoxy groups -OCH3 is 1. The molecule has 0 saturated heterocycles. The number of ether oxygens (including phenoxy) is 2. The molecule has 1 aliphatic carbocycles. The van der Waals surface area contributed by atoms with Gasteiger partial charge in [0.2, 0.25) is 0 Å². The molecule has 1 aromatic rings. The van der Waals surface area contributed by atoms with Crippen LogP contribution < -0.4 is 10.1 Å². The monoisotopic (exact) mass is 434 g/mol. The normalized spacial score (nSPS) is 17.0. The van der Waals surface area contributed by atoms with Gasteiger partial charge in [0.25, 0.3) is 0 Å². The number of thiocarbonyl (C=S) groups is 1. The number of carbonyl (C=O) groups excluding carboxylic acids is 1. The van der Waals surface area contributed by atoms with E-state index in [1.807, 2.05) is 52.1 Å². The lowest BCUT2D eigenvalue weighted by molar-refractivity contribution is 0.0492. The number of nitrogens with zero attached hydrogens (tertiary/aromatic N) is 1. The molecule has 1 N–H and O–H groups in total. The van der Waals surface area contributed by atoms with Gasteiger partial charge in [-0.2, -0.15) is 0 Å². The van der Waals surface area contributed by atoms with Gasteiger partial charge < -0.3 is 19.7 Å². The molecule has 30 heavy (non-hydrogen) atoms. The second-order valence-corrected chi connectivity index (χ2v) is 9.84. The molecule has 1 aromatic carbocycles. The molecule has 1 unspecified atom stereocenters. The van der Waals surface area contributed by atoms with E-state index in [0.29, 0.717) is 12.5 Å². The first-order chi connectivity index (χ1) is 14.1. The highest BCUT2D eigenvalue weighted by molar-refractivity contribution is 7.80. The lowest BCUT2D eigenvalue weighted by atomic mass is 9.77. The third-order valence-corrected chi connectivity index (χ3v) is 6.38. The summed E-state index contributed by atoms with van der Waals surface area (Å²) in [6.45, 7) is 8.51. The summed E-state index contributed by atoms with van der Waals surface area (Å²) in [5.41, 5.74) is 0.598. The van der Waals surface area contributed by atoms with Crippen molar-refractivity contribution in [1.82, 2.24) is 10.2 Å². The van der Waals surface area contributed by atoms with Crippen molar-refractivity contribution in [1.29, 1.82) is 0 Å². The Labute approximate surface area is 187 Å². The third-order valence-electron chi connectivity index (χ3n) is 5.81. The van der Waals surface area contributed by atoms with Crippen LogP contribution in [0.3, 0.4) is 0 Å². The van der Waals surface area contributed by atoms with Crippen LogP contribution in [-0.2, 0) is 11.3 Å². The number of carbonyl (C=O) groups is 1. The van der Waals surface area contributed by atoms with Crippen LogP contribution in [0.2, 0.25) is 0 Å². The molecule has 0 aliphatic heterocycles. The van der Waals surface area contributed by atoms with E-state index in [2.05, 4.69) is 17.1 Å². The van der Waals surface area contributed by atoms with E-state index >= 15 is 0 Å². The van der Waals surface area contributed by atoms with E-state index in [9.17, 15) is 4.79 Å². The molecule has 0 bridgehead atoms. The van der Waals surface area contributed by atoms with E-state index in [0.717, 1.165) is 16.3 Å². The van der Waals surface area contributed by atoms with Gasteiger partial charge >= 0.3 is 6.09 Å². The summed E-state index contributed by atoms with van der Waals surface area (Å²) in [4.78, 5) is 15.4. The van der Waals surface area contributed by atoms with Crippen LogP contribution in [0.15, 0.2) is 24.3 Å². The largest absolute Gasteiger partial charge is 0.497 e. The zero-order valence-electron chi connectivity index (χ0n) is 19.4. The first-order valence-corrected chi connectivity index (χ1v) is 11.4. The molecular formula is C24H38N2O3S. The van der Waals surface area contributed by atoms with Gasteiger partial charge in [0.05, 0.1) is 13.2 Å². The fraction of sp³-hybridized carbons (Fsp3) is 0.667. The Kier molecular flexibility index (Phi) is 8.95. The Morgan fingerprint density at radius 1 is 1.20 bits per heavy atom. The number of alkyl carbamates (subject to hydrolysis) is 1. The van der Waals surface area contributed by atoms with Crippen molar-refractivity contribution in [2.24, 2.45) is 11.8 Å². The van der Waals surface area contributed by atoms with Gasteiger partial charge in [-0.05, 0) is 50.3 Å². The van der Waals surface area contributed by atoms with Crippen molar-refractivity contribution >= 4 is 23.3 Å². The minimum absolute atomic E-state index is 0.235. The summed E-state index contributed by atoms with van der Waals surface area (Å²) >= 11 is 5.88. The lowest BCUT2D eigenvalue weighted by Gasteiger charge is -2.37. The van der Waals surface area contributed by atoms with Crippen LogP contribution in [0.25, 0.3) is 0 Å². The average Bonchev–Trinajstić information content (AvgIpc) is 2.71. The molecule has 1 saturated carbocycles. The quantitative estimate of drug-likeness (QED) is 0.569. The van der Waals surface area contributed by atoms with Crippen LogP contribution >= 0.6 is 12.2 Å². The first kappa shape index (κ1) is 24.4. The minimum Gasteiger partial charge on any atom is -0.497 e. The van der Waals surface area contributed by atoms with E-state index in [-0.39, 0.29) is 12.0 Å². The van der Waals surface area contributed by atoms with Gasteiger partial charge in [-0.15, -0.1) is 0 Å². The highest BCUT2D eigenvalue weighted by atomic mass is 32.1. The van der Waals surface area contributed by atoms with E-state index in [1.54, 1.807) is 7.11 Å². The molecule has 5 nitrogen and oxygen atoms in total. The molecule has 0 aromatic heterocycles. The van der Waals surface area contributed by atoms with Gasteiger partial charge in [-0.1, -0.05) is 63.4 Å². The number of amides is 1. The molecule has 2 atom stereocenters. The van der Waals surface area contributed by atoms with Crippen molar-refractivity contribution < 1.29 is 14.3 Å². The second-order valence-electron chi connectivity index (χ2n) is 9.42. The maximum atomic E-state index is 12.6. The van der Waals surface area contributed by atoms with Gasteiger partial charge in [-0.25, -0.2) is 4.79 Å². The molecule has 1 aliphatic rings. The molecule has 0 radical (unpaired) electrons. The van der Waals surface area contributed by atoms with Crippen molar-refractivity contribution in [2.75, 3.05) is 14.2 Å². The molecule has 0 heterocycles. The minimum atomic E-state index is -0.542. The van der Waals surface area contributed by atoms with Crippen LogP contribution in [0, 0.1) is 11.8 Å². The number of rotatable bonds is 7. The predicted octanol–water partition coefficient (Wildman–Crippen LogP) is 5.56. The molecule has 168 valence electrons. The van der Waals surface area contributed by atoms with Crippen molar-refractivity contribution in [3.63, 3.8) is 0 Å². The molecule has 0 spiro atoms. The maximum Gasteiger partial charge on any atom is 0.408 e. The SMILES string of the molecule is COc1ccc(CN(C)C(=S)[C@H](NC(=O)OC(C)(C)C)C(C)C2CCCCC2)cc1. The number of benzene rings is 1. The fourth-order valence-electron chi connectivity index (χ4n) is 4.10. The summed E-state index contributed by atoms with van der Waals surface area (Å²) in [7, 11) is 3.65. The maximum absolute atomic E-state index is 12.6. The van der Waals surface area contributed by atoms with Gasteiger partial charge in [-0.3, -0.25) is 0 Å². The Bertz CT molecular complexity index is 693. The Balaban J connectivity index is 2.13. The lowest BCUT2D eigenvalue weighted by Crippen LogP contribution is -2.52. The molecular weight excluding hydrogens is 396 g/mol. The third kappa shape index (κ3) is 7.46. The van der Waals surface area contributed by atoms with Gasteiger partial charge in [0.15, 0.2) is 0 Å². The zero-order chi connectivity index (χ0) is 22.3. The summed E-state index contributed by atoms with van der Waals surface area (Å²) < 4.78 is 10.8. The molecule has 2 rings (SSSR count). The van der Waals surface area contributed by atoms with Crippen LogP contribution in [-0.4, -0.2) is 41.8 Å². The van der Waals surface area contributed by atoms with Crippen molar-refractivity contribution in [3.05, 3.63) is 29.8 Å². The van der Waals surface area contributed by atoms with Gasteiger partial charge in [0.1, 0.15) is 16.3 Å².